The Hall–Kier alpha value is -1.10. The summed E-state index contributed by atoms with van der Waals surface area (Å²) in [7, 11) is -3.77. The highest BCUT2D eigenvalue weighted by molar-refractivity contribution is 7.87. The summed E-state index contributed by atoms with van der Waals surface area (Å²) in [5.74, 6) is 0.903. The van der Waals surface area contributed by atoms with E-state index in [0.717, 1.165) is 25.7 Å². The van der Waals surface area contributed by atoms with Crippen molar-refractivity contribution in [1.29, 1.82) is 0 Å². The zero-order chi connectivity index (χ0) is 13.6. The van der Waals surface area contributed by atoms with Crippen LogP contribution in [0, 0.1) is 12.3 Å². The lowest BCUT2D eigenvalue weighted by atomic mass is 10.2. The standard InChI is InChI=1S/C11H18N2O4S/c1-2-7-10(11(14)15)12-18(16,17)13-8-5-3-4-6-9-13/h1,10,12H,3-9H2,(H,14,15). The Morgan fingerprint density at radius 2 is 1.89 bits per heavy atom. The van der Waals surface area contributed by atoms with Gasteiger partial charge < -0.3 is 5.11 Å². The number of terminal acetylenes is 1. The molecule has 1 saturated heterocycles. The van der Waals surface area contributed by atoms with Gasteiger partial charge in [0.05, 0.1) is 0 Å². The molecular formula is C11H18N2O4S. The Balaban J connectivity index is 2.72. The van der Waals surface area contributed by atoms with E-state index in [4.69, 9.17) is 11.5 Å². The van der Waals surface area contributed by atoms with Crippen LogP contribution in [0.15, 0.2) is 0 Å². The first-order valence-electron chi connectivity index (χ1n) is 5.91. The first-order chi connectivity index (χ1) is 8.47. The zero-order valence-corrected chi connectivity index (χ0v) is 10.9. The van der Waals surface area contributed by atoms with E-state index in [2.05, 4.69) is 10.6 Å². The maximum absolute atomic E-state index is 12.0. The van der Waals surface area contributed by atoms with Gasteiger partial charge in [0.15, 0.2) is 0 Å². The van der Waals surface area contributed by atoms with E-state index < -0.39 is 22.2 Å². The van der Waals surface area contributed by atoms with Crippen LogP contribution in [0.4, 0.5) is 0 Å². The molecule has 0 aromatic rings. The summed E-state index contributed by atoms with van der Waals surface area (Å²) in [5, 5.41) is 8.88. The van der Waals surface area contributed by atoms with Crippen molar-refractivity contribution in [3.05, 3.63) is 0 Å². The molecule has 6 nitrogen and oxygen atoms in total. The number of aliphatic carboxylic acids is 1. The maximum atomic E-state index is 12.0. The predicted octanol–water partition coefficient (Wildman–Crippen LogP) is 0.173. The molecule has 0 spiro atoms. The molecule has 0 saturated carbocycles. The number of carboxylic acid groups (broad SMARTS) is 1. The largest absolute Gasteiger partial charge is 0.480 e. The zero-order valence-electron chi connectivity index (χ0n) is 10.1. The third-order valence-electron chi connectivity index (χ3n) is 2.82. The van der Waals surface area contributed by atoms with Gasteiger partial charge in [0.1, 0.15) is 6.04 Å². The molecule has 1 atom stereocenters. The van der Waals surface area contributed by atoms with Gasteiger partial charge in [-0.15, -0.1) is 12.3 Å². The normalized spacial score (nSPS) is 19.7. The number of carboxylic acids is 1. The van der Waals surface area contributed by atoms with Crippen LogP contribution in [-0.2, 0) is 15.0 Å². The predicted molar refractivity (Wildman–Crippen MR) is 67.0 cm³/mol. The van der Waals surface area contributed by atoms with Crippen molar-refractivity contribution in [2.75, 3.05) is 13.1 Å². The third kappa shape index (κ3) is 4.29. The van der Waals surface area contributed by atoms with Crippen molar-refractivity contribution in [1.82, 2.24) is 9.03 Å². The summed E-state index contributed by atoms with van der Waals surface area (Å²) >= 11 is 0. The van der Waals surface area contributed by atoms with Gasteiger partial charge in [-0.2, -0.15) is 17.4 Å². The maximum Gasteiger partial charge on any atom is 0.322 e. The second-order valence-corrected chi connectivity index (χ2v) is 5.94. The van der Waals surface area contributed by atoms with Gasteiger partial charge in [0.25, 0.3) is 10.2 Å². The monoisotopic (exact) mass is 274 g/mol. The molecule has 0 aliphatic carbocycles. The van der Waals surface area contributed by atoms with Crippen LogP contribution >= 0.6 is 0 Å². The number of hydrogen-bond acceptors (Lipinski definition) is 3. The van der Waals surface area contributed by atoms with Gasteiger partial charge in [-0.05, 0) is 12.8 Å². The molecule has 1 fully saturated rings. The van der Waals surface area contributed by atoms with Gasteiger partial charge >= 0.3 is 5.97 Å². The molecule has 0 radical (unpaired) electrons. The number of hydrogen-bond donors (Lipinski definition) is 2. The van der Waals surface area contributed by atoms with Crippen LogP contribution in [0.3, 0.4) is 0 Å². The topological polar surface area (TPSA) is 86.7 Å². The van der Waals surface area contributed by atoms with E-state index in [0.29, 0.717) is 13.1 Å². The second-order valence-electron chi connectivity index (χ2n) is 4.24. The highest BCUT2D eigenvalue weighted by Gasteiger charge is 2.28. The molecule has 0 aromatic heterocycles. The number of rotatable bonds is 5. The Morgan fingerprint density at radius 1 is 1.33 bits per heavy atom. The van der Waals surface area contributed by atoms with Crippen molar-refractivity contribution in [3.8, 4) is 12.3 Å². The summed E-state index contributed by atoms with van der Waals surface area (Å²) < 4.78 is 27.5. The van der Waals surface area contributed by atoms with Gasteiger partial charge in [-0.1, -0.05) is 12.8 Å². The minimum Gasteiger partial charge on any atom is -0.480 e. The number of nitrogens with one attached hydrogen (secondary N) is 1. The molecule has 1 aliphatic rings. The van der Waals surface area contributed by atoms with Gasteiger partial charge in [-0.25, -0.2) is 0 Å². The Bertz CT molecular complexity index is 419. The summed E-state index contributed by atoms with van der Waals surface area (Å²) in [6.07, 6.45) is 8.46. The lowest BCUT2D eigenvalue weighted by Gasteiger charge is -2.22. The fourth-order valence-electron chi connectivity index (χ4n) is 1.83. The summed E-state index contributed by atoms with van der Waals surface area (Å²) in [6.45, 7) is 0.857. The fourth-order valence-corrected chi connectivity index (χ4v) is 3.27. The Morgan fingerprint density at radius 3 is 2.33 bits per heavy atom. The van der Waals surface area contributed by atoms with Crippen LogP contribution in [0.5, 0.6) is 0 Å². The highest BCUT2D eigenvalue weighted by Crippen LogP contribution is 2.13. The minimum absolute atomic E-state index is 0.164. The van der Waals surface area contributed by atoms with Crippen molar-refractivity contribution < 1.29 is 18.3 Å². The van der Waals surface area contributed by atoms with Crippen LogP contribution in [0.2, 0.25) is 0 Å². The molecule has 1 aliphatic heterocycles. The van der Waals surface area contributed by atoms with E-state index in [1.165, 1.54) is 4.31 Å². The van der Waals surface area contributed by atoms with E-state index in [-0.39, 0.29) is 6.42 Å². The molecule has 1 unspecified atom stereocenters. The van der Waals surface area contributed by atoms with Crippen molar-refractivity contribution >= 4 is 16.2 Å². The lowest BCUT2D eigenvalue weighted by Crippen LogP contribution is -2.48. The van der Waals surface area contributed by atoms with Crippen LogP contribution in [0.25, 0.3) is 0 Å². The molecule has 102 valence electrons. The van der Waals surface area contributed by atoms with Crippen molar-refractivity contribution in [2.45, 2.75) is 38.1 Å². The first-order valence-corrected chi connectivity index (χ1v) is 7.35. The second kappa shape index (κ2) is 6.73. The van der Waals surface area contributed by atoms with Crippen LogP contribution in [-0.4, -0.2) is 42.9 Å². The van der Waals surface area contributed by atoms with Crippen molar-refractivity contribution in [2.24, 2.45) is 0 Å². The smallest absolute Gasteiger partial charge is 0.322 e. The molecule has 0 amide bonds. The molecule has 2 N–H and O–H groups in total. The summed E-state index contributed by atoms with van der Waals surface area (Å²) in [5.41, 5.74) is 0. The highest BCUT2D eigenvalue weighted by atomic mass is 32.2. The molecule has 1 heterocycles. The van der Waals surface area contributed by atoms with Crippen LogP contribution in [0.1, 0.15) is 32.1 Å². The molecule has 18 heavy (non-hydrogen) atoms. The van der Waals surface area contributed by atoms with Gasteiger partial charge in [-0.3, -0.25) is 4.79 Å². The quantitative estimate of drug-likeness (QED) is 0.700. The van der Waals surface area contributed by atoms with Crippen LogP contribution < -0.4 is 4.72 Å². The fraction of sp³-hybridized carbons (Fsp3) is 0.727. The number of nitrogens with zero attached hydrogens (tertiary/aromatic N) is 1. The van der Waals surface area contributed by atoms with E-state index >= 15 is 0 Å². The van der Waals surface area contributed by atoms with Gasteiger partial charge in [0, 0.05) is 19.5 Å². The minimum atomic E-state index is -3.77. The average molecular weight is 274 g/mol. The van der Waals surface area contributed by atoms with Gasteiger partial charge in [0.2, 0.25) is 0 Å². The third-order valence-corrected chi connectivity index (χ3v) is 4.44. The molecule has 0 bridgehead atoms. The van der Waals surface area contributed by atoms with E-state index in [9.17, 15) is 13.2 Å². The summed E-state index contributed by atoms with van der Waals surface area (Å²) in [6, 6.07) is -1.26. The molecular weight excluding hydrogens is 256 g/mol. The molecule has 0 aromatic carbocycles. The summed E-state index contributed by atoms with van der Waals surface area (Å²) in [4.78, 5) is 10.9. The molecule has 7 heteroatoms. The molecule has 1 rings (SSSR count). The lowest BCUT2D eigenvalue weighted by molar-refractivity contribution is -0.138. The van der Waals surface area contributed by atoms with E-state index in [1.54, 1.807) is 0 Å². The number of carbonyl (C=O) groups is 1. The Labute approximate surface area is 108 Å². The SMILES string of the molecule is C#CCC(NS(=O)(=O)N1CCCCCC1)C(=O)O. The first kappa shape index (κ1) is 15.0. The Kier molecular flexibility index (Phi) is 5.59. The van der Waals surface area contributed by atoms with Crippen molar-refractivity contribution in [3.63, 3.8) is 0 Å². The average Bonchev–Trinajstić information content (AvgIpc) is 2.57. The van der Waals surface area contributed by atoms with E-state index in [1.807, 2.05) is 0 Å².